The highest BCUT2D eigenvalue weighted by Crippen LogP contribution is 2.37. The molecule has 0 bridgehead atoms. The Balaban J connectivity index is 1.58. The first-order chi connectivity index (χ1) is 19.3. The molecule has 4 aromatic carbocycles. The standard InChI is InChI=1S/C35H34NO4/c1-22(2)28-19-25(34(37)39-21-24-13-7-6-8-14-24)20-29(23(3)4)33(28)40-35(38)32-26-15-9-11-17-30(26)36(5)31-18-12-10-16-27(31)32/h6-20,22-23H,21H2,1-5H3/q+1. The van der Waals surface area contributed by atoms with Gasteiger partial charge in [-0.05, 0) is 52.8 Å². The lowest BCUT2D eigenvalue weighted by Crippen LogP contribution is -2.31. The summed E-state index contributed by atoms with van der Waals surface area (Å²) in [6.07, 6.45) is 0. The van der Waals surface area contributed by atoms with Crippen molar-refractivity contribution in [3.63, 3.8) is 0 Å². The topological polar surface area (TPSA) is 56.5 Å². The largest absolute Gasteiger partial charge is 0.457 e. The first-order valence-electron chi connectivity index (χ1n) is 13.7. The molecule has 0 N–H and O–H groups in total. The highest BCUT2D eigenvalue weighted by molar-refractivity contribution is 6.13. The summed E-state index contributed by atoms with van der Waals surface area (Å²) in [5, 5.41) is 1.65. The maximum absolute atomic E-state index is 14.1. The first-order valence-corrected chi connectivity index (χ1v) is 13.7. The molecule has 1 heterocycles. The third-order valence-electron chi connectivity index (χ3n) is 7.31. The smallest absolute Gasteiger partial charge is 0.345 e. The van der Waals surface area contributed by atoms with Gasteiger partial charge in [-0.3, -0.25) is 0 Å². The van der Waals surface area contributed by atoms with Gasteiger partial charge in [0.05, 0.1) is 21.9 Å². The molecule has 1 aromatic heterocycles. The van der Waals surface area contributed by atoms with Crippen LogP contribution in [-0.4, -0.2) is 11.9 Å². The van der Waals surface area contributed by atoms with Gasteiger partial charge in [0.2, 0.25) is 11.0 Å². The van der Waals surface area contributed by atoms with Gasteiger partial charge in [0, 0.05) is 12.1 Å². The first kappa shape index (κ1) is 27.1. The fraction of sp³-hybridized carbons (Fsp3) is 0.229. The van der Waals surface area contributed by atoms with Crippen LogP contribution in [0.2, 0.25) is 0 Å². The van der Waals surface area contributed by atoms with Gasteiger partial charge in [-0.1, -0.05) is 82.3 Å². The molecule has 40 heavy (non-hydrogen) atoms. The maximum atomic E-state index is 14.1. The molecule has 0 aliphatic carbocycles. The molecule has 0 aliphatic rings. The maximum Gasteiger partial charge on any atom is 0.345 e. The molecular weight excluding hydrogens is 498 g/mol. The van der Waals surface area contributed by atoms with E-state index in [1.54, 1.807) is 12.1 Å². The van der Waals surface area contributed by atoms with Crippen molar-refractivity contribution in [3.8, 4) is 5.75 Å². The molecule has 0 fully saturated rings. The van der Waals surface area contributed by atoms with E-state index >= 15 is 0 Å². The number of aromatic nitrogens is 1. The van der Waals surface area contributed by atoms with E-state index < -0.39 is 11.9 Å². The average Bonchev–Trinajstić information content (AvgIpc) is 2.96. The number of hydrogen-bond donors (Lipinski definition) is 0. The van der Waals surface area contributed by atoms with E-state index in [1.807, 2.05) is 114 Å². The van der Waals surface area contributed by atoms with Crippen LogP contribution in [0.15, 0.2) is 91.0 Å². The van der Waals surface area contributed by atoms with Crippen LogP contribution in [-0.2, 0) is 18.4 Å². The second-order valence-electron chi connectivity index (χ2n) is 10.7. The number of para-hydroxylation sites is 2. The highest BCUT2D eigenvalue weighted by Gasteiger charge is 2.27. The van der Waals surface area contributed by atoms with E-state index in [2.05, 4.69) is 4.57 Å². The van der Waals surface area contributed by atoms with E-state index in [1.165, 1.54) is 0 Å². The summed E-state index contributed by atoms with van der Waals surface area (Å²) < 4.78 is 14.0. The average molecular weight is 533 g/mol. The minimum atomic E-state index is -0.420. The fourth-order valence-electron chi connectivity index (χ4n) is 5.17. The Hall–Kier alpha value is -4.51. The second-order valence-corrected chi connectivity index (χ2v) is 10.7. The number of fused-ring (bicyclic) bond motifs is 2. The summed E-state index contributed by atoms with van der Waals surface area (Å²) >= 11 is 0. The Bertz CT molecular complexity index is 1630. The van der Waals surface area contributed by atoms with Crippen LogP contribution < -0.4 is 9.30 Å². The van der Waals surface area contributed by atoms with Gasteiger partial charge in [0.15, 0.2) is 0 Å². The lowest BCUT2D eigenvalue weighted by atomic mass is 9.91. The Morgan fingerprint density at radius 3 is 1.73 bits per heavy atom. The molecule has 0 saturated heterocycles. The second kappa shape index (κ2) is 11.3. The van der Waals surface area contributed by atoms with Crippen molar-refractivity contribution in [2.45, 2.75) is 46.1 Å². The van der Waals surface area contributed by atoms with Crippen molar-refractivity contribution in [2.75, 3.05) is 0 Å². The molecule has 0 unspecified atom stereocenters. The summed E-state index contributed by atoms with van der Waals surface area (Å²) in [5.41, 5.74) is 5.37. The fourth-order valence-corrected chi connectivity index (χ4v) is 5.17. The van der Waals surface area contributed by atoms with Gasteiger partial charge < -0.3 is 9.47 Å². The monoisotopic (exact) mass is 532 g/mol. The summed E-state index contributed by atoms with van der Waals surface area (Å²) in [6.45, 7) is 8.31. The molecule has 0 spiro atoms. The molecule has 0 saturated carbocycles. The van der Waals surface area contributed by atoms with Crippen LogP contribution in [0.5, 0.6) is 5.75 Å². The minimum absolute atomic E-state index is 0.00392. The highest BCUT2D eigenvalue weighted by atomic mass is 16.5. The summed E-state index contributed by atoms with van der Waals surface area (Å²) in [6, 6.07) is 28.9. The van der Waals surface area contributed by atoms with Gasteiger partial charge >= 0.3 is 11.9 Å². The molecule has 0 amide bonds. The van der Waals surface area contributed by atoms with Crippen molar-refractivity contribution in [1.29, 1.82) is 0 Å². The lowest BCUT2D eigenvalue weighted by molar-refractivity contribution is -0.617. The van der Waals surface area contributed by atoms with E-state index in [-0.39, 0.29) is 18.4 Å². The number of carbonyl (C=O) groups is 2. The van der Waals surface area contributed by atoms with Crippen LogP contribution in [0.3, 0.4) is 0 Å². The van der Waals surface area contributed by atoms with E-state index in [9.17, 15) is 9.59 Å². The van der Waals surface area contributed by atoms with Crippen LogP contribution in [0.4, 0.5) is 0 Å². The molecule has 0 atom stereocenters. The number of pyridine rings is 1. The number of aryl methyl sites for hydroxylation is 1. The molecule has 5 aromatic rings. The van der Waals surface area contributed by atoms with Gasteiger partial charge in [-0.25, -0.2) is 9.59 Å². The Morgan fingerprint density at radius 2 is 1.20 bits per heavy atom. The zero-order chi connectivity index (χ0) is 28.4. The third-order valence-corrected chi connectivity index (χ3v) is 7.31. The zero-order valence-electron chi connectivity index (χ0n) is 23.6. The number of ether oxygens (including phenoxy) is 2. The van der Waals surface area contributed by atoms with Crippen LogP contribution in [0.25, 0.3) is 21.8 Å². The van der Waals surface area contributed by atoms with Crippen molar-refractivity contribution >= 4 is 33.7 Å². The Kier molecular flexibility index (Phi) is 7.65. The Morgan fingerprint density at radius 1 is 0.700 bits per heavy atom. The van der Waals surface area contributed by atoms with Crippen LogP contribution in [0.1, 0.15) is 76.9 Å². The molecule has 202 valence electrons. The third kappa shape index (κ3) is 5.20. The number of nitrogens with zero attached hydrogens (tertiary/aromatic N) is 1. The zero-order valence-corrected chi connectivity index (χ0v) is 23.6. The van der Waals surface area contributed by atoms with Crippen LogP contribution in [0, 0.1) is 0 Å². The predicted octanol–water partition coefficient (Wildman–Crippen LogP) is 7.64. The number of benzene rings is 4. The lowest BCUT2D eigenvalue weighted by Gasteiger charge is -2.21. The van der Waals surface area contributed by atoms with E-state index in [0.717, 1.165) is 38.5 Å². The number of carbonyl (C=O) groups excluding carboxylic acids is 2. The van der Waals surface area contributed by atoms with E-state index in [0.29, 0.717) is 16.9 Å². The molecule has 5 rings (SSSR count). The predicted molar refractivity (Wildman–Crippen MR) is 158 cm³/mol. The van der Waals surface area contributed by atoms with Gasteiger partial charge in [0.1, 0.15) is 19.4 Å². The van der Waals surface area contributed by atoms with Crippen molar-refractivity contribution in [3.05, 3.63) is 119 Å². The summed E-state index contributed by atoms with van der Waals surface area (Å²) in [5.74, 6) is -0.307. The van der Waals surface area contributed by atoms with Crippen molar-refractivity contribution in [1.82, 2.24) is 0 Å². The SMILES string of the molecule is CC(C)c1cc(C(=O)OCc2ccccc2)cc(C(C)C)c1OC(=O)c1c2ccccc2[n+](C)c2ccccc12. The molecule has 0 aliphatic heterocycles. The summed E-state index contributed by atoms with van der Waals surface area (Å²) in [7, 11) is 2.00. The van der Waals surface area contributed by atoms with Gasteiger partial charge in [-0.15, -0.1) is 0 Å². The Labute approximate surface area is 235 Å². The summed E-state index contributed by atoms with van der Waals surface area (Å²) in [4.78, 5) is 27.2. The number of hydrogen-bond acceptors (Lipinski definition) is 4. The van der Waals surface area contributed by atoms with Crippen molar-refractivity contribution in [2.24, 2.45) is 7.05 Å². The minimum Gasteiger partial charge on any atom is -0.457 e. The number of esters is 2. The molecule has 5 heteroatoms. The molecule has 0 radical (unpaired) electrons. The normalized spacial score (nSPS) is 11.4. The number of rotatable bonds is 7. The van der Waals surface area contributed by atoms with Gasteiger partial charge in [-0.2, -0.15) is 4.57 Å². The van der Waals surface area contributed by atoms with E-state index in [4.69, 9.17) is 9.47 Å². The van der Waals surface area contributed by atoms with Crippen molar-refractivity contribution < 1.29 is 23.6 Å². The molecule has 5 nitrogen and oxygen atoms in total. The quantitative estimate of drug-likeness (QED) is 0.0935. The molecular formula is C35H34NO4+. The van der Waals surface area contributed by atoms with Crippen LogP contribution >= 0.6 is 0 Å². The van der Waals surface area contributed by atoms with Gasteiger partial charge in [0.25, 0.3) is 0 Å².